The van der Waals surface area contributed by atoms with Gasteiger partial charge in [0.15, 0.2) is 0 Å². The van der Waals surface area contributed by atoms with Crippen molar-refractivity contribution in [3.05, 3.63) is 29.6 Å². The lowest BCUT2D eigenvalue weighted by atomic mass is 10.1. The van der Waals surface area contributed by atoms with E-state index >= 15 is 0 Å². The van der Waals surface area contributed by atoms with Gasteiger partial charge in [0.1, 0.15) is 5.82 Å². The van der Waals surface area contributed by atoms with E-state index in [-0.39, 0.29) is 5.82 Å². The molecule has 3 nitrogen and oxygen atoms in total. The van der Waals surface area contributed by atoms with Gasteiger partial charge in [-0.25, -0.2) is 4.39 Å². The molecule has 1 aromatic rings. The second kappa shape index (κ2) is 5.24. The molecule has 2 fully saturated rings. The predicted molar refractivity (Wildman–Crippen MR) is 69.3 cm³/mol. The Hall–Kier alpha value is -1.13. The van der Waals surface area contributed by atoms with Crippen LogP contribution in [0.25, 0.3) is 0 Å². The molecule has 1 aliphatic carbocycles. The van der Waals surface area contributed by atoms with Crippen LogP contribution in [0.15, 0.2) is 18.2 Å². The van der Waals surface area contributed by atoms with Gasteiger partial charge in [-0.2, -0.15) is 0 Å². The number of nitrogens with one attached hydrogen (secondary N) is 1. The maximum atomic E-state index is 13.6. The largest absolute Gasteiger partial charge is 0.378 e. The fourth-order valence-electron chi connectivity index (χ4n) is 2.29. The Labute approximate surface area is 107 Å². The zero-order chi connectivity index (χ0) is 12.4. The van der Waals surface area contributed by atoms with Crippen LogP contribution in [-0.4, -0.2) is 32.3 Å². The van der Waals surface area contributed by atoms with Crippen molar-refractivity contribution in [3.8, 4) is 0 Å². The van der Waals surface area contributed by atoms with Crippen molar-refractivity contribution in [2.24, 2.45) is 0 Å². The smallest absolute Gasteiger partial charge is 0.125 e. The second-order valence-corrected chi connectivity index (χ2v) is 5.07. The number of halogens is 1. The van der Waals surface area contributed by atoms with Crippen molar-refractivity contribution in [2.45, 2.75) is 25.4 Å². The monoisotopic (exact) mass is 250 g/mol. The summed E-state index contributed by atoms with van der Waals surface area (Å²) in [7, 11) is 0. The average molecular weight is 250 g/mol. The molecule has 18 heavy (non-hydrogen) atoms. The van der Waals surface area contributed by atoms with Crippen molar-refractivity contribution in [1.29, 1.82) is 0 Å². The predicted octanol–water partition coefficient (Wildman–Crippen LogP) is 1.91. The minimum absolute atomic E-state index is 0.147. The van der Waals surface area contributed by atoms with Gasteiger partial charge in [-0.15, -0.1) is 0 Å². The van der Waals surface area contributed by atoms with Gasteiger partial charge in [0.25, 0.3) is 0 Å². The molecule has 1 saturated carbocycles. The fourth-order valence-corrected chi connectivity index (χ4v) is 2.29. The van der Waals surface area contributed by atoms with Gasteiger partial charge in [0.05, 0.1) is 13.2 Å². The van der Waals surface area contributed by atoms with Crippen LogP contribution < -0.4 is 10.2 Å². The molecule has 0 atom stereocenters. The summed E-state index contributed by atoms with van der Waals surface area (Å²) in [6.07, 6.45) is 2.51. The summed E-state index contributed by atoms with van der Waals surface area (Å²) in [5.41, 5.74) is 2.01. The Balaban J connectivity index is 1.71. The Morgan fingerprint density at radius 3 is 2.72 bits per heavy atom. The molecule has 98 valence electrons. The molecular formula is C14H19FN2O. The molecule has 1 saturated heterocycles. The van der Waals surface area contributed by atoms with Crippen LogP contribution in [0.1, 0.15) is 18.4 Å². The van der Waals surface area contributed by atoms with Crippen molar-refractivity contribution in [3.63, 3.8) is 0 Å². The zero-order valence-electron chi connectivity index (χ0n) is 10.5. The highest BCUT2D eigenvalue weighted by Crippen LogP contribution is 2.22. The summed E-state index contributed by atoms with van der Waals surface area (Å²) >= 11 is 0. The van der Waals surface area contributed by atoms with Crippen LogP contribution in [0.2, 0.25) is 0 Å². The van der Waals surface area contributed by atoms with E-state index in [1.54, 1.807) is 12.1 Å². The van der Waals surface area contributed by atoms with E-state index in [1.165, 1.54) is 12.8 Å². The van der Waals surface area contributed by atoms with Crippen LogP contribution in [0, 0.1) is 5.82 Å². The number of rotatable bonds is 4. The fraction of sp³-hybridized carbons (Fsp3) is 0.571. The Kier molecular flexibility index (Phi) is 3.48. The molecule has 4 heteroatoms. The van der Waals surface area contributed by atoms with Gasteiger partial charge < -0.3 is 15.0 Å². The lowest BCUT2D eigenvalue weighted by molar-refractivity contribution is 0.122. The van der Waals surface area contributed by atoms with Crippen LogP contribution in [0.5, 0.6) is 0 Å². The van der Waals surface area contributed by atoms with Crippen LogP contribution in [0.3, 0.4) is 0 Å². The minimum atomic E-state index is -0.147. The Morgan fingerprint density at radius 1 is 1.22 bits per heavy atom. The van der Waals surface area contributed by atoms with Crippen LogP contribution in [-0.2, 0) is 11.3 Å². The third-order valence-corrected chi connectivity index (χ3v) is 3.49. The highest BCUT2D eigenvalue weighted by atomic mass is 19.1. The minimum Gasteiger partial charge on any atom is -0.378 e. The molecule has 0 spiro atoms. The van der Waals surface area contributed by atoms with Crippen LogP contribution >= 0.6 is 0 Å². The first-order valence-electron chi connectivity index (χ1n) is 6.67. The van der Waals surface area contributed by atoms with E-state index in [0.717, 1.165) is 44.1 Å². The van der Waals surface area contributed by atoms with Crippen LogP contribution in [0.4, 0.5) is 10.1 Å². The summed E-state index contributed by atoms with van der Waals surface area (Å²) in [4.78, 5) is 2.19. The normalized spacial score (nSPS) is 20.2. The highest BCUT2D eigenvalue weighted by molar-refractivity contribution is 5.49. The number of morpholine rings is 1. The summed E-state index contributed by atoms with van der Waals surface area (Å²) < 4.78 is 19.0. The molecule has 1 aliphatic heterocycles. The van der Waals surface area contributed by atoms with E-state index < -0.39 is 0 Å². The molecule has 0 bridgehead atoms. The van der Waals surface area contributed by atoms with Gasteiger partial charge in [-0.3, -0.25) is 0 Å². The van der Waals surface area contributed by atoms with Gasteiger partial charge in [-0.05, 0) is 36.6 Å². The topological polar surface area (TPSA) is 24.5 Å². The van der Waals surface area contributed by atoms with Gasteiger partial charge >= 0.3 is 0 Å². The van der Waals surface area contributed by atoms with Crippen molar-refractivity contribution in [2.75, 3.05) is 31.2 Å². The third-order valence-electron chi connectivity index (χ3n) is 3.49. The molecule has 0 amide bonds. The molecule has 2 aliphatic rings. The highest BCUT2D eigenvalue weighted by Gasteiger charge is 2.20. The van der Waals surface area contributed by atoms with Gasteiger partial charge in [0.2, 0.25) is 0 Å². The summed E-state index contributed by atoms with van der Waals surface area (Å²) in [6, 6.07) is 5.98. The Bertz CT molecular complexity index is 414. The lowest BCUT2D eigenvalue weighted by Crippen LogP contribution is -2.36. The molecule has 0 aromatic heterocycles. The number of hydrogen-bond acceptors (Lipinski definition) is 3. The molecule has 1 heterocycles. The molecular weight excluding hydrogens is 231 g/mol. The standard InChI is InChI=1S/C14H19FN2O/c15-12-7-11(10-16-13-1-2-13)8-14(9-12)17-3-5-18-6-4-17/h7-9,13,16H,1-6,10H2. The van der Waals surface area contributed by atoms with E-state index in [0.29, 0.717) is 6.04 Å². The number of ether oxygens (including phenoxy) is 1. The Morgan fingerprint density at radius 2 is 2.00 bits per heavy atom. The maximum Gasteiger partial charge on any atom is 0.125 e. The van der Waals surface area contributed by atoms with E-state index in [1.807, 2.05) is 0 Å². The van der Waals surface area contributed by atoms with Crippen molar-refractivity contribution < 1.29 is 9.13 Å². The second-order valence-electron chi connectivity index (χ2n) is 5.07. The van der Waals surface area contributed by atoms with E-state index in [9.17, 15) is 4.39 Å². The lowest BCUT2D eigenvalue weighted by Gasteiger charge is -2.29. The quantitative estimate of drug-likeness (QED) is 0.883. The number of hydrogen-bond donors (Lipinski definition) is 1. The summed E-state index contributed by atoms with van der Waals surface area (Å²) in [6.45, 7) is 3.91. The zero-order valence-corrected chi connectivity index (χ0v) is 10.5. The maximum absolute atomic E-state index is 13.6. The van der Waals surface area contributed by atoms with E-state index in [2.05, 4.69) is 16.3 Å². The molecule has 0 radical (unpaired) electrons. The molecule has 3 rings (SSSR count). The summed E-state index contributed by atoms with van der Waals surface area (Å²) in [5.74, 6) is -0.147. The number of nitrogens with zero attached hydrogens (tertiary/aromatic N) is 1. The molecule has 1 aromatic carbocycles. The first-order chi connectivity index (χ1) is 8.81. The average Bonchev–Trinajstić information content (AvgIpc) is 3.21. The van der Waals surface area contributed by atoms with Gasteiger partial charge in [0, 0.05) is 31.4 Å². The molecule has 1 N–H and O–H groups in total. The third kappa shape index (κ3) is 3.00. The molecule has 0 unspecified atom stereocenters. The van der Waals surface area contributed by atoms with Crippen molar-refractivity contribution in [1.82, 2.24) is 5.32 Å². The first-order valence-corrected chi connectivity index (χ1v) is 6.67. The number of anilines is 1. The number of benzene rings is 1. The van der Waals surface area contributed by atoms with Crippen molar-refractivity contribution >= 4 is 5.69 Å². The van der Waals surface area contributed by atoms with E-state index in [4.69, 9.17) is 4.74 Å². The summed E-state index contributed by atoms with van der Waals surface area (Å²) in [5, 5.41) is 3.42. The first kappa shape index (κ1) is 11.9. The SMILES string of the molecule is Fc1cc(CNC2CC2)cc(N2CCOCC2)c1. The van der Waals surface area contributed by atoms with Gasteiger partial charge in [-0.1, -0.05) is 0 Å².